The highest BCUT2D eigenvalue weighted by molar-refractivity contribution is 7.89. The van der Waals surface area contributed by atoms with Gasteiger partial charge < -0.3 is 0 Å². The first-order valence-corrected chi connectivity index (χ1v) is 11.4. The maximum Gasteiger partial charge on any atom is 0.416 e. The third-order valence-electron chi connectivity index (χ3n) is 5.43. The van der Waals surface area contributed by atoms with Crippen LogP contribution in [0.3, 0.4) is 0 Å². The van der Waals surface area contributed by atoms with Crippen LogP contribution in [0.15, 0.2) is 59.5 Å². The van der Waals surface area contributed by atoms with Crippen LogP contribution in [0.1, 0.15) is 30.0 Å². The average molecular weight is 470 g/mol. The summed E-state index contributed by atoms with van der Waals surface area (Å²) in [6.07, 6.45) is -3.26. The second-order valence-corrected chi connectivity index (χ2v) is 9.79. The molecule has 0 unspecified atom stereocenters. The molecule has 1 aliphatic rings. The zero-order valence-electron chi connectivity index (χ0n) is 16.2. The summed E-state index contributed by atoms with van der Waals surface area (Å²) in [5, 5.41) is 7.55. The highest BCUT2D eigenvalue weighted by Gasteiger charge is 2.32. The van der Waals surface area contributed by atoms with E-state index < -0.39 is 21.8 Å². The van der Waals surface area contributed by atoms with Gasteiger partial charge in [0.1, 0.15) is 0 Å². The lowest BCUT2D eigenvalue weighted by Crippen LogP contribution is -2.37. The standard InChI is InChI=1S/C21H19ClF3N3O2S/c22-17-4-6-18(7-5-17)31(29,30)28-10-8-14(9-11-28)19-13-20(27-26-19)15-2-1-3-16(12-15)21(23,24)25/h1-7,12-14H,8-11H2,(H,26,27). The Morgan fingerprint density at radius 2 is 1.71 bits per heavy atom. The van der Waals surface area contributed by atoms with E-state index in [0.717, 1.165) is 17.8 Å². The van der Waals surface area contributed by atoms with Gasteiger partial charge >= 0.3 is 6.18 Å². The molecule has 1 N–H and O–H groups in total. The summed E-state index contributed by atoms with van der Waals surface area (Å²) < 4.78 is 66.0. The molecule has 0 amide bonds. The Kier molecular flexibility index (Phi) is 5.85. The van der Waals surface area contributed by atoms with Gasteiger partial charge in [0.2, 0.25) is 10.0 Å². The Hall–Kier alpha value is -2.36. The number of nitrogens with zero attached hydrogens (tertiary/aromatic N) is 2. The number of alkyl halides is 3. The van der Waals surface area contributed by atoms with Crippen molar-refractivity contribution in [1.82, 2.24) is 14.5 Å². The molecule has 0 saturated carbocycles. The smallest absolute Gasteiger partial charge is 0.282 e. The Morgan fingerprint density at radius 1 is 1.03 bits per heavy atom. The van der Waals surface area contributed by atoms with Gasteiger partial charge in [0.15, 0.2) is 0 Å². The fourth-order valence-electron chi connectivity index (χ4n) is 3.71. The molecule has 164 valence electrons. The minimum atomic E-state index is -4.42. The van der Waals surface area contributed by atoms with E-state index in [0.29, 0.717) is 42.2 Å². The molecule has 0 spiro atoms. The molecular formula is C21H19ClF3N3O2S. The van der Waals surface area contributed by atoms with Gasteiger partial charge in [-0.15, -0.1) is 0 Å². The van der Waals surface area contributed by atoms with Crippen LogP contribution >= 0.6 is 11.6 Å². The highest BCUT2D eigenvalue weighted by Crippen LogP contribution is 2.34. The molecule has 3 aromatic rings. The molecule has 1 aliphatic heterocycles. The van der Waals surface area contributed by atoms with Crippen LogP contribution in [0.5, 0.6) is 0 Å². The minimum absolute atomic E-state index is 0.0451. The molecule has 0 aliphatic carbocycles. The molecule has 2 aromatic carbocycles. The maximum absolute atomic E-state index is 13.0. The van der Waals surface area contributed by atoms with E-state index >= 15 is 0 Å². The fourth-order valence-corrected chi connectivity index (χ4v) is 5.31. The van der Waals surface area contributed by atoms with Crippen molar-refractivity contribution < 1.29 is 21.6 Å². The number of nitrogens with one attached hydrogen (secondary N) is 1. The van der Waals surface area contributed by atoms with Gasteiger partial charge in [0.05, 0.1) is 16.2 Å². The summed E-state index contributed by atoms with van der Waals surface area (Å²) >= 11 is 5.84. The van der Waals surface area contributed by atoms with Gasteiger partial charge in [-0.3, -0.25) is 5.10 Å². The number of halogens is 4. The number of rotatable bonds is 4. The number of sulfonamides is 1. The Labute approximate surface area is 182 Å². The predicted octanol–water partition coefficient (Wildman–Crippen LogP) is 5.32. The molecule has 5 nitrogen and oxygen atoms in total. The van der Waals surface area contributed by atoms with Gasteiger partial charge in [-0.25, -0.2) is 8.42 Å². The predicted molar refractivity (Wildman–Crippen MR) is 111 cm³/mol. The van der Waals surface area contributed by atoms with E-state index in [2.05, 4.69) is 10.2 Å². The van der Waals surface area contributed by atoms with Crippen molar-refractivity contribution in [3.8, 4) is 11.3 Å². The molecular weight excluding hydrogens is 451 g/mol. The van der Waals surface area contributed by atoms with E-state index in [4.69, 9.17) is 11.6 Å². The number of hydrogen-bond donors (Lipinski definition) is 1. The SMILES string of the molecule is O=S(=O)(c1ccc(Cl)cc1)N1CCC(c2cc(-c3cccc(C(F)(F)F)c3)n[nH]2)CC1. The fraction of sp³-hybridized carbons (Fsp3) is 0.286. The number of aromatic nitrogens is 2. The molecule has 10 heteroatoms. The normalized spacial score (nSPS) is 16.5. The highest BCUT2D eigenvalue weighted by atomic mass is 35.5. The molecule has 2 heterocycles. The third kappa shape index (κ3) is 4.63. The van der Waals surface area contributed by atoms with Gasteiger partial charge in [0, 0.05) is 35.3 Å². The van der Waals surface area contributed by atoms with Gasteiger partial charge in [0.25, 0.3) is 0 Å². The molecule has 1 aromatic heterocycles. The first-order chi connectivity index (χ1) is 14.6. The van der Waals surface area contributed by atoms with Crippen molar-refractivity contribution in [2.24, 2.45) is 0 Å². The number of aromatic amines is 1. The second-order valence-electron chi connectivity index (χ2n) is 7.42. The van der Waals surface area contributed by atoms with Crippen LogP contribution in [-0.4, -0.2) is 36.0 Å². The monoisotopic (exact) mass is 469 g/mol. The van der Waals surface area contributed by atoms with E-state index in [1.165, 1.54) is 22.5 Å². The molecule has 31 heavy (non-hydrogen) atoms. The molecule has 0 atom stereocenters. The lowest BCUT2D eigenvalue weighted by molar-refractivity contribution is -0.137. The van der Waals surface area contributed by atoms with E-state index in [9.17, 15) is 21.6 Å². The van der Waals surface area contributed by atoms with Crippen molar-refractivity contribution in [3.63, 3.8) is 0 Å². The summed E-state index contributed by atoms with van der Waals surface area (Å²) in [6.45, 7) is 0.682. The Balaban J connectivity index is 1.46. The van der Waals surface area contributed by atoms with E-state index in [1.807, 2.05) is 0 Å². The number of piperidine rings is 1. The minimum Gasteiger partial charge on any atom is -0.282 e. The largest absolute Gasteiger partial charge is 0.416 e. The summed E-state index contributed by atoms with van der Waals surface area (Å²) in [5.74, 6) is 0.0451. The van der Waals surface area contributed by atoms with E-state index in [-0.39, 0.29) is 10.8 Å². The summed E-state index contributed by atoms with van der Waals surface area (Å²) in [5.41, 5.74) is 0.864. The zero-order chi connectivity index (χ0) is 22.2. The number of benzene rings is 2. The lowest BCUT2D eigenvalue weighted by atomic mass is 9.94. The number of hydrogen-bond acceptors (Lipinski definition) is 3. The Bertz CT molecular complexity index is 1170. The molecule has 0 bridgehead atoms. The number of H-pyrrole nitrogens is 1. The quantitative estimate of drug-likeness (QED) is 0.562. The van der Waals surface area contributed by atoms with Crippen LogP contribution in [0.25, 0.3) is 11.3 Å². The third-order valence-corrected chi connectivity index (χ3v) is 7.59. The van der Waals surface area contributed by atoms with E-state index in [1.54, 1.807) is 24.3 Å². The first kappa shape index (κ1) is 21.9. The van der Waals surface area contributed by atoms with Crippen LogP contribution in [0.2, 0.25) is 5.02 Å². The molecule has 4 rings (SSSR count). The van der Waals surface area contributed by atoms with Crippen molar-refractivity contribution >= 4 is 21.6 Å². The second kappa shape index (κ2) is 8.29. The van der Waals surface area contributed by atoms with Crippen molar-refractivity contribution in [3.05, 3.63) is 70.9 Å². The van der Waals surface area contributed by atoms with Crippen LogP contribution < -0.4 is 0 Å². The maximum atomic E-state index is 13.0. The van der Waals surface area contributed by atoms with Crippen LogP contribution in [-0.2, 0) is 16.2 Å². The molecule has 1 saturated heterocycles. The van der Waals surface area contributed by atoms with Crippen molar-refractivity contribution in [2.75, 3.05) is 13.1 Å². The van der Waals surface area contributed by atoms with Gasteiger partial charge in [-0.05, 0) is 55.3 Å². The Morgan fingerprint density at radius 3 is 2.35 bits per heavy atom. The van der Waals surface area contributed by atoms with Crippen molar-refractivity contribution in [1.29, 1.82) is 0 Å². The van der Waals surface area contributed by atoms with Crippen molar-refractivity contribution in [2.45, 2.75) is 29.8 Å². The summed E-state index contributed by atoms with van der Waals surface area (Å²) in [6, 6.07) is 12.8. The first-order valence-electron chi connectivity index (χ1n) is 9.63. The topological polar surface area (TPSA) is 66.1 Å². The van der Waals surface area contributed by atoms with Gasteiger partial charge in [-0.1, -0.05) is 23.7 Å². The molecule has 1 fully saturated rings. The van der Waals surface area contributed by atoms with Crippen LogP contribution in [0, 0.1) is 0 Å². The lowest BCUT2D eigenvalue weighted by Gasteiger charge is -2.30. The van der Waals surface area contributed by atoms with Crippen LogP contribution in [0.4, 0.5) is 13.2 Å². The summed E-state index contributed by atoms with van der Waals surface area (Å²) in [7, 11) is -3.60. The average Bonchev–Trinajstić information content (AvgIpc) is 3.24. The summed E-state index contributed by atoms with van der Waals surface area (Å²) in [4.78, 5) is 0.198. The van der Waals surface area contributed by atoms with Gasteiger partial charge in [-0.2, -0.15) is 22.6 Å². The molecule has 0 radical (unpaired) electrons. The zero-order valence-corrected chi connectivity index (χ0v) is 17.8.